The predicted octanol–water partition coefficient (Wildman–Crippen LogP) is 3.98. The van der Waals surface area contributed by atoms with E-state index in [-0.39, 0.29) is 10.6 Å². The van der Waals surface area contributed by atoms with Gasteiger partial charge in [0.2, 0.25) is 10.6 Å². The number of furan rings is 1. The van der Waals surface area contributed by atoms with Gasteiger partial charge in [-0.05, 0) is 42.5 Å². The molecular weight excluding hydrogens is 359 g/mol. The van der Waals surface area contributed by atoms with E-state index in [4.69, 9.17) is 16.6 Å². The van der Waals surface area contributed by atoms with Gasteiger partial charge in [0.1, 0.15) is 5.82 Å². The van der Waals surface area contributed by atoms with Gasteiger partial charge in [0, 0.05) is 10.0 Å². The molecule has 0 amide bonds. The van der Waals surface area contributed by atoms with Crippen LogP contribution in [0.4, 0.5) is 4.39 Å². The molecule has 8 heteroatoms. The quantitative estimate of drug-likeness (QED) is 0.563. The number of hydrogen-bond acceptors (Lipinski definition) is 4. The van der Waals surface area contributed by atoms with Crippen LogP contribution in [0.25, 0.3) is 11.6 Å². The van der Waals surface area contributed by atoms with E-state index in [9.17, 15) is 4.39 Å². The summed E-state index contributed by atoms with van der Waals surface area (Å²) >= 11 is 8.39. The van der Waals surface area contributed by atoms with Crippen molar-refractivity contribution < 1.29 is 8.81 Å². The average molecular weight is 367 g/mol. The molecule has 3 rings (SSSR count). The molecule has 1 N–H and O–H groups in total. The summed E-state index contributed by atoms with van der Waals surface area (Å²) in [6.07, 6.45) is 2.90. The van der Waals surface area contributed by atoms with Crippen molar-refractivity contribution in [3.05, 3.63) is 57.2 Å². The molecule has 0 fully saturated rings. The number of hydrogen-bond donors (Lipinski definition) is 1. The van der Waals surface area contributed by atoms with E-state index in [0.29, 0.717) is 17.1 Å². The highest BCUT2D eigenvalue weighted by atomic mass is 79.9. The van der Waals surface area contributed by atoms with E-state index in [0.717, 1.165) is 4.47 Å². The second-order valence-corrected chi connectivity index (χ2v) is 5.35. The van der Waals surface area contributed by atoms with Crippen LogP contribution >= 0.6 is 28.1 Å². The van der Waals surface area contributed by atoms with Crippen LogP contribution in [0.15, 0.2) is 50.6 Å². The third kappa shape index (κ3) is 2.86. The van der Waals surface area contributed by atoms with E-state index in [1.807, 2.05) is 0 Å². The topological polar surface area (TPSA) is 59.1 Å². The minimum atomic E-state index is -0.378. The highest BCUT2D eigenvalue weighted by molar-refractivity contribution is 9.10. The third-order valence-corrected chi connectivity index (χ3v) is 3.42. The van der Waals surface area contributed by atoms with Gasteiger partial charge in [-0.25, -0.2) is 9.49 Å². The summed E-state index contributed by atoms with van der Waals surface area (Å²) in [5, 5.41) is 10.8. The van der Waals surface area contributed by atoms with Crippen molar-refractivity contribution in [2.24, 2.45) is 5.10 Å². The first-order valence-electron chi connectivity index (χ1n) is 5.86. The first-order valence-corrected chi connectivity index (χ1v) is 7.06. The van der Waals surface area contributed by atoms with Gasteiger partial charge in [0.25, 0.3) is 0 Å². The maximum atomic E-state index is 13.7. The smallest absolute Gasteiger partial charge is 0.219 e. The molecule has 2 aromatic heterocycles. The lowest BCUT2D eigenvalue weighted by atomic mass is 10.2. The average Bonchev–Trinajstić information content (AvgIpc) is 3.09. The summed E-state index contributed by atoms with van der Waals surface area (Å²) in [5.74, 6) is 0.544. The van der Waals surface area contributed by atoms with Gasteiger partial charge in [-0.2, -0.15) is 9.78 Å². The largest absolute Gasteiger partial charge is 0.461 e. The molecule has 0 saturated carbocycles. The van der Waals surface area contributed by atoms with Crippen molar-refractivity contribution in [2.75, 3.05) is 0 Å². The molecule has 0 aliphatic heterocycles. The monoisotopic (exact) mass is 366 g/mol. The number of rotatable bonds is 3. The lowest BCUT2D eigenvalue weighted by Gasteiger charge is -1.99. The van der Waals surface area contributed by atoms with E-state index >= 15 is 0 Å². The van der Waals surface area contributed by atoms with Gasteiger partial charge < -0.3 is 4.42 Å². The number of nitrogens with zero attached hydrogens (tertiary/aromatic N) is 3. The fourth-order valence-corrected chi connectivity index (χ4v) is 2.26. The Kier molecular flexibility index (Phi) is 3.80. The van der Waals surface area contributed by atoms with Crippen molar-refractivity contribution >= 4 is 34.4 Å². The number of nitrogens with one attached hydrogen (secondary N) is 1. The molecule has 1 aromatic carbocycles. The normalized spacial score (nSPS) is 11.3. The maximum Gasteiger partial charge on any atom is 0.219 e. The molecule has 106 valence electrons. The van der Waals surface area contributed by atoms with E-state index < -0.39 is 0 Å². The fourth-order valence-electron chi connectivity index (χ4n) is 1.70. The third-order valence-electron chi connectivity index (χ3n) is 2.66. The fraction of sp³-hybridized carbons (Fsp3) is 0. The van der Waals surface area contributed by atoms with Crippen LogP contribution in [0.5, 0.6) is 0 Å². The highest BCUT2D eigenvalue weighted by Crippen LogP contribution is 2.18. The lowest BCUT2D eigenvalue weighted by molar-refractivity contribution is 0.573. The molecule has 0 saturated heterocycles. The maximum absolute atomic E-state index is 13.7. The number of halogens is 2. The molecule has 0 aliphatic carbocycles. The first kappa shape index (κ1) is 13.9. The molecule has 0 bridgehead atoms. The van der Waals surface area contributed by atoms with Gasteiger partial charge in [-0.15, -0.1) is 5.10 Å². The molecule has 0 spiro atoms. The van der Waals surface area contributed by atoms with Crippen LogP contribution in [-0.2, 0) is 0 Å². The molecule has 0 atom stereocenters. The minimum Gasteiger partial charge on any atom is -0.461 e. The molecule has 2 heterocycles. The van der Waals surface area contributed by atoms with Crippen molar-refractivity contribution in [2.45, 2.75) is 0 Å². The number of aromatic nitrogens is 3. The van der Waals surface area contributed by atoms with Crippen LogP contribution in [0.1, 0.15) is 5.56 Å². The summed E-state index contributed by atoms with van der Waals surface area (Å²) in [7, 11) is 0. The van der Waals surface area contributed by atoms with Crippen LogP contribution < -0.4 is 0 Å². The van der Waals surface area contributed by atoms with Crippen LogP contribution in [0.2, 0.25) is 0 Å². The number of H-pyrrole nitrogens is 1. The summed E-state index contributed by atoms with van der Waals surface area (Å²) in [6, 6.07) is 8.05. The van der Waals surface area contributed by atoms with Crippen molar-refractivity contribution in [3.8, 4) is 11.6 Å². The Morgan fingerprint density at radius 1 is 1.43 bits per heavy atom. The van der Waals surface area contributed by atoms with Crippen molar-refractivity contribution in [1.82, 2.24) is 14.9 Å². The van der Waals surface area contributed by atoms with Crippen molar-refractivity contribution in [3.63, 3.8) is 0 Å². The lowest BCUT2D eigenvalue weighted by Crippen LogP contribution is -1.96. The molecule has 0 aliphatic rings. The highest BCUT2D eigenvalue weighted by Gasteiger charge is 2.10. The van der Waals surface area contributed by atoms with Gasteiger partial charge >= 0.3 is 0 Å². The van der Waals surface area contributed by atoms with Crippen molar-refractivity contribution in [1.29, 1.82) is 0 Å². The van der Waals surface area contributed by atoms with Gasteiger partial charge in [0.15, 0.2) is 5.76 Å². The molecule has 5 nitrogen and oxygen atoms in total. The van der Waals surface area contributed by atoms with Crippen LogP contribution in [0.3, 0.4) is 0 Å². The predicted molar refractivity (Wildman–Crippen MR) is 82.2 cm³/mol. The summed E-state index contributed by atoms with van der Waals surface area (Å²) in [5.41, 5.74) is 0.331. The second kappa shape index (κ2) is 5.74. The zero-order chi connectivity index (χ0) is 14.8. The Labute approximate surface area is 132 Å². The summed E-state index contributed by atoms with van der Waals surface area (Å²) in [4.78, 5) is 0. The second-order valence-electron chi connectivity index (χ2n) is 4.05. The van der Waals surface area contributed by atoms with Gasteiger partial charge in [-0.3, -0.25) is 0 Å². The Bertz CT molecular complexity index is 853. The van der Waals surface area contributed by atoms with Crippen LogP contribution in [-0.4, -0.2) is 21.1 Å². The summed E-state index contributed by atoms with van der Waals surface area (Å²) < 4.78 is 21.4. The van der Waals surface area contributed by atoms with Crippen LogP contribution in [0, 0.1) is 10.6 Å². The SMILES string of the molecule is Fc1ccc(Br)cc1/C=N\n1c(-c2ccco2)n[nH]c1=S. The first-order chi connectivity index (χ1) is 10.1. The minimum absolute atomic E-state index is 0.285. The Morgan fingerprint density at radius 2 is 2.29 bits per heavy atom. The Balaban J connectivity index is 2.02. The van der Waals surface area contributed by atoms with E-state index in [1.165, 1.54) is 23.2 Å². The molecule has 3 aromatic rings. The molecule has 0 unspecified atom stereocenters. The molecular formula is C13H8BrFN4OS. The van der Waals surface area contributed by atoms with E-state index in [1.54, 1.807) is 24.3 Å². The van der Waals surface area contributed by atoms with E-state index in [2.05, 4.69) is 31.2 Å². The Morgan fingerprint density at radius 3 is 3.05 bits per heavy atom. The summed E-state index contributed by atoms with van der Waals surface area (Å²) in [6.45, 7) is 0. The molecule has 21 heavy (non-hydrogen) atoms. The zero-order valence-corrected chi connectivity index (χ0v) is 12.9. The number of benzene rings is 1. The van der Waals surface area contributed by atoms with Gasteiger partial charge in [0.05, 0.1) is 12.5 Å². The number of aromatic amines is 1. The standard InChI is InChI=1S/C13H8BrFN4OS/c14-9-3-4-10(15)8(6-9)7-16-19-12(17-18-13(19)21)11-2-1-5-20-11/h1-7H,(H,18,21)/b16-7-. The Hall–Kier alpha value is -2.06. The van der Waals surface area contributed by atoms with Gasteiger partial charge in [-0.1, -0.05) is 15.9 Å². The molecule has 0 radical (unpaired) electrons. The zero-order valence-electron chi connectivity index (χ0n) is 10.5.